The van der Waals surface area contributed by atoms with E-state index in [2.05, 4.69) is 157 Å². The first-order chi connectivity index (χ1) is 17.9. The van der Waals surface area contributed by atoms with Gasteiger partial charge in [-0.3, -0.25) is 0 Å². The number of halogens is 2. The summed E-state index contributed by atoms with van der Waals surface area (Å²) in [6.45, 7) is 15.4. The third-order valence-corrected chi connectivity index (χ3v) is 6.78. The summed E-state index contributed by atoms with van der Waals surface area (Å²) < 4.78 is 0. The van der Waals surface area contributed by atoms with Crippen molar-refractivity contribution in [3.8, 4) is 0 Å². The van der Waals surface area contributed by atoms with Crippen molar-refractivity contribution in [1.82, 2.24) is 0 Å². The van der Waals surface area contributed by atoms with Crippen LogP contribution in [0, 0.1) is 34.6 Å². The fourth-order valence-electron chi connectivity index (χ4n) is 4.13. The molecule has 0 amide bonds. The molecular weight excluding hydrogens is 623 g/mol. The minimum absolute atomic E-state index is 0. The van der Waals surface area contributed by atoms with E-state index in [4.69, 9.17) is 0 Å². The van der Waals surface area contributed by atoms with Gasteiger partial charge in [-0.2, -0.15) is 63.2 Å². The molecule has 5 rings (SSSR count). The Hall–Kier alpha value is -1.83. The van der Waals surface area contributed by atoms with Crippen LogP contribution in [0.5, 0.6) is 0 Å². The van der Waals surface area contributed by atoms with E-state index >= 15 is 0 Å². The Morgan fingerprint density at radius 2 is 0.800 bits per heavy atom. The Bertz CT molecular complexity index is 1090. The molecule has 5 aromatic rings. The summed E-state index contributed by atoms with van der Waals surface area (Å²) in [7, 11) is 0.750. The molecule has 5 aromatic carbocycles. The normalized spacial score (nSPS) is 9.07. The summed E-state index contributed by atoms with van der Waals surface area (Å²) in [6.07, 6.45) is 2.10. The van der Waals surface area contributed by atoms with Gasteiger partial charge in [-0.05, 0) is 12.8 Å². The summed E-state index contributed by atoms with van der Waals surface area (Å²) in [6, 6.07) is 38.0. The Labute approximate surface area is 278 Å². The zero-order valence-corrected chi connectivity index (χ0v) is 30.4. The van der Waals surface area contributed by atoms with E-state index < -0.39 is 0 Å². The van der Waals surface area contributed by atoms with E-state index in [1.165, 1.54) is 50.1 Å². The van der Waals surface area contributed by atoms with Crippen LogP contribution in [0.3, 0.4) is 0 Å². The molecule has 4 heteroatoms. The molecule has 0 nitrogen and oxygen atoms in total. The molecule has 0 fully saturated rings. The van der Waals surface area contributed by atoms with Gasteiger partial charge in [-0.1, -0.05) is 120 Å². The van der Waals surface area contributed by atoms with Crippen LogP contribution in [0.4, 0.5) is 0 Å². The van der Waals surface area contributed by atoms with Gasteiger partial charge < -0.3 is 0 Å². The van der Waals surface area contributed by atoms with E-state index in [0.29, 0.717) is 0 Å². The fourth-order valence-corrected chi connectivity index (χ4v) is 4.13. The molecule has 0 aliphatic heterocycles. The maximum atomic E-state index is 2.21. The molecule has 0 aliphatic carbocycles. The first-order valence-electron chi connectivity index (χ1n) is 13.3. The van der Waals surface area contributed by atoms with E-state index in [9.17, 15) is 0 Å². The van der Waals surface area contributed by atoms with Crippen molar-refractivity contribution in [3.63, 3.8) is 0 Å². The molecule has 0 heterocycles. The van der Waals surface area contributed by atoms with Crippen molar-refractivity contribution in [1.29, 1.82) is 0 Å². The van der Waals surface area contributed by atoms with Gasteiger partial charge in [0.1, 0.15) is 0 Å². The molecule has 0 bridgehead atoms. The summed E-state index contributed by atoms with van der Waals surface area (Å²) in [5.41, 5.74) is 12.9. The van der Waals surface area contributed by atoms with E-state index in [1.807, 2.05) is 0 Å². The van der Waals surface area contributed by atoms with Crippen molar-refractivity contribution in [3.05, 3.63) is 159 Å². The number of rotatable bonds is 4. The summed E-state index contributed by atoms with van der Waals surface area (Å²) in [5, 5.41) is 0. The van der Waals surface area contributed by atoms with Gasteiger partial charge in [0, 0.05) is 9.52 Å². The van der Waals surface area contributed by atoms with Crippen molar-refractivity contribution in [2.24, 2.45) is 0 Å². The molecular formula is C36H46Cl2SiZr. The molecule has 0 saturated carbocycles. The van der Waals surface area contributed by atoms with Gasteiger partial charge in [-0.15, -0.1) is 24.8 Å². The molecule has 0 aromatic heterocycles. The largest absolute Gasteiger partial charge is 3.00 e. The molecule has 0 unspecified atom stereocenters. The van der Waals surface area contributed by atoms with Crippen LogP contribution >= 0.6 is 24.8 Å². The second-order valence-corrected chi connectivity index (χ2v) is 10.8. The second kappa shape index (κ2) is 22.8. The van der Waals surface area contributed by atoms with Gasteiger partial charge in [0.15, 0.2) is 0 Å². The third-order valence-electron chi connectivity index (χ3n) is 6.78. The van der Waals surface area contributed by atoms with Crippen LogP contribution in [0.2, 0.25) is 13.1 Å². The third kappa shape index (κ3) is 14.2. The smallest absolute Gasteiger partial charge is 0.213 e. The molecule has 212 valence electrons. The second-order valence-electron chi connectivity index (χ2n) is 9.61. The topological polar surface area (TPSA) is 0 Å². The SMILES string of the molecule is C[SiH]C.Cc1c(C)c(C)[c-](C)c1C.Cl.Cl.[Zr+3].c1ccc(C[c-]2cccc2)cc1.c1ccc(C[c-]2cccc2)cc1. The van der Waals surface area contributed by atoms with Crippen LogP contribution in [-0.4, -0.2) is 9.52 Å². The van der Waals surface area contributed by atoms with Crippen LogP contribution in [0.1, 0.15) is 50.1 Å². The van der Waals surface area contributed by atoms with E-state index in [1.54, 1.807) is 0 Å². The van der Waals surface area contributed by atoms with Gasteiger partial charge >= 0.3 is 26.2 Å². The molecule has 0 aliphatic rings. The summed E-state index contributed by atoms with van der Waals surface area (Å²) >= 11 is 0. The minimum atomic E-state index is 0. The zero-order chi connectivity index (χ0) is 27.0. The monoisotopic (exact) mass is 666 g/mol. The van der Waals surface area contributed by atoms with Crippen LogP contribution < -0.4 is 0 Å². The molecule has 40 heavy (non-hydrogen) atoms. The van der Waals surface area contributed by atoms with Crippen molar-refractivity contribution in [2.75, 3.05) is 0 Å². The van der Waals surface area contributed by atoms with Gasteiger partial charge in [0.25, 0.3) is 0 Å². The van der Waals surface area contributed by atoms with Crippen LogP contribution in [-0.2, 0) is 39.0 Å². The predicted octanol–water partition coefficient (Wildman–Crippen LogP) is 10.3. The minimum Gasteiger partial charge on any atom is -0.213 e. The van der Waals surface area contributed by atoms with Gasteiger partial charge in [0.2, 0.25) is 0 Å². The average molecular weight is 669 g/mol. The quantitative estimate of drug-likeness (QED) is 0.132. The van der Waals surface area contributed by atoms with E-state index in [0.717, 1.165) is 22.4 Å². The molecule has 0 N–H and O–H groups in total. The van der Waals surface area contributed by atoms with Gasteiger partial charge in [-0.25, -0.2) is 24.3 Å². The first-order valence-corrected chi connectivity index (χ1v) is 15.6. The Balaban J connectivity index is 0. The Morgan fingerprint density at radius 3 is 1.02 bits per heavy atom. The molecule has 2 radical (unpaired) electrons. The van der Waals surface area contributed by atoms with E-state index in [-0.39, 0.29) is 51.0 Å². The predicted molar refractivity (Wildman–Crippen MR) is 182 cm³/mol. The van der Waals surface area contributed by atoms with Crippen LogP contribution in [0.25, 0.3) is 0 Å². The fraction of sp³-hybridized carbons (Fsp3) is 0.250. The maximum Gasteiger partial charge on any atom is 3.00 e. The van der Waals surface area contributed by atoms with Gasteiger partial charge in [0.05, 0.1) is 0 Å². The average Bonchev–Trinajstić information content (AvgIpc) is 3.66. The first kappa shape index (κ1) is 40.3. The Morgan fingerprint density at radius 1 is 0.525 bits per heavy atom. The molecule has 0 saturated heterocycles. The summed E-state index contributed by atoms with van der Waals surface area (Å²) in [5.74, 6) is 0. The number of hydrogen-bond acceptors (Lipinski definition) is 0. The summed E-state index contributed by atoms with van der Waals surface area (Å²) in [4.78, 5) is 0. The number of hydrogen-bond donors (Lipinski definition) is 0. The Kier molecular flexibility index (Phi) is 23.0. The van der Waals surface area contributed by atoms with Crippen molar-refractivity contribution >= 4 is 34.3 Å². The van der Waals surface area contributed by atoms with Crippen molar-refractivity contribution in [2.45, 2.75) is 60.6 Å². The number of benzene rings is 2. The zero-order valence-electron chi connectivity index (χ0n) is 25.2. The van der Waals surface area contributed by atoms with Crippen LogP contribution in [0.15, 0.2) is 109 Å². The maximum absolute atomic E-state index is 2.21. The standard InChI is InChI=1S/2C12H11.C10H15.C2H7Si.2ClH.Zr/c2*1-2-6-11(7-3-1)10-12-8-4-5-9-12;1-6-7(2)9(4)10(5)8(6)3;1-3-2;;;/h2*1-9H,10H2;1-5H3;3H,1-2H3;2*1H;/q3*-1;;;;+3. The molecule has 0 atom stereocenters. The van der Waals surface area contributed by atoms with Crippen molar-refractivity contribution < 1.29 is 26.2 Å². The molecule has 0 spiro atoms.